The second-order valence-corrected chi connectivity index (χ2v) is 5.64. The van der Waals surface area contributed by atoms with Crippen molar-refractivity contribution in [3.05, 3.63) is 55.4 Å². The quantitative estimate of drug-likeness (QED) is 0.768. The van der Waals surface area contributed by atoms with Gasteiger partial charge in [0, 0.05) is 24.0 Å². The molecule has 120 valence electrons. The lowest BCUT2D eigenvalue weighted by Crippen LogP contribution is -2.33. The molecule has 0 spiro atoms. The van der Waals surface area contributed by atoms with Gasteiger partial charge >= 0.3 is 0 Å². The second kappa shape index (κ2) is 6.11. The molecule has 1 saturated heterocycles. The molecule has 7 nitrogen and oxygen atoms in total. The van der Waals surface area contributed by atoms with Crippen molar-refractivity contribution in [2.24, 2.45) is 0 Å². The standard InChI is InChI=1S/C17H16N6O/c24-17-16(22-14-9-18-11-19-10-14)5-6-23(17)15-3-1-12(2-4-15)13-7-20-21-8-13/h1-4,7-11,16,22H,5-6H2,(H,20,21). The summed E-state index contributed by atoms with van der Waals surface area (Å²) in [4.78, 5) is 22.4. The molecule has 0 saturated carbocycles. The summed E-state index contributed by atoms with van der Waals surface area (Å²) >= 11 is 0. The zero-order chi connectivity index (χ0) is 16.4. The molecule has 2 aromatic heterocycles. The predicted octanol–water partition coefficient (Wildman–Crippen LogP) is 2.08. The topological polar surface area (TPSA) is 86.8 Å². The van der Waals surface area contributed by atoms with E-state index in [2.05, 4.69) is 25.5 Å². The Morgan fingerprint density at radius 1 is 1.08 bits per heavy atom. The lowest BCUT2D eigenvalue weighted by molar-refractivity contribution is -0.117. The number of hydrogen-bond acceptors (Lipinski definition) is 5. The van der Waals surface area contributed by atoms with Crippen LogP contribution < -0.4 is 10.2 Å². The summed E-state index contributed by atoms with van der Waals surface area (Å²) in [5, 5.41) is 9.95. The Labute approximate surface area is 138 Å². The van der Waals surface area contributed by atoms with E-state index in [1.807, 2.05) is 30.5 Å². The van der Waals surface area contributed by atoms with Gasteiger partial charge in [-0.1, -0.05) is 12.1 Å². The number of rotatable bonds is 4. The third kappa shape index (κ3) is 2.71. The summed E-state index contributed by atoms with van der Waals surface area (Å²) in [6.45, 7) is 0.690. The van der Waals surface area contributed by atoms with Crippen LogP contribution in [0.25, 0.3) is 11.1 Å². The summed E-state index contributed by atoms with van der Waals surface area (Å²) in [7, 11) is 0. The molecule has 7 heteroatoms. The van der Waals surface area contributed by atoms with Crippen LogP contribution in [0.3, 0.4) is 0 Å². The van der Waals surface area contributed by atoms with Gasteiger partial charge in [-0.05, 0) is 24.1 Å². The van der Waals surface area contributed by atoms with Crippen LogP contribution in [0.5, 0.6) is 0 Å². The zero-order valence-corrected chi connectivity index (χ0v) is 12.9. The fourth-order valence-electron chi connectivity index (χ4n) is 2.89. The molecule has 1 unspecified atom stereocenters. The number of hydrogen-bond donors (Lipinski definition) is 2. The maximum atomic E-state index is 12.6. The highest BCUT2D eigenvalue weighted by Gasteiger charge is 2.32. The van der Waals surface area contributed by atoms with Crippen molar-refractivity contribution in [1.29, 1.82) is 0 Å². The number of carbonyl (C=O) groups excluding carboxylic acids is 1. The first-order valence-corrected chi connectivity index (χ1v) is 7.73. The predicted molar refractivity (Wildman–Crippen MR) is 90.4 cm³/mol. The van der Waals surface area contributed by atoms with Gasteiger partial charge < -0.3 is 10.2 Å². The molecule has 0 bridgehead atoms. The van der Waals surface area contributed by atoms with Crippen LogP contribution in [-0.2, 0) is 4.79 Å². The Bertz CT molecular complexity index is 816. The van der Waals surface area contributed by atoms with Crippen molar-refractivity contribution in [2.75, 3.05) is 16.8 Å². The number of nitrogens with one attached hydrogen (secondary N) is 2. The number of nitrogens with zero attached hydrogens (tertiary/aromatic N) is 4. The average molecular weight is 320 g/mol. The number of aromatic nitrogens is 4. The van der Waals surface area contributed by atoms with Gasteiger partial charge in [-0.2, -0.15) is 5.10 Å². The molecule has 24 heavy (non-hydrogen) atoms. The van der Waals surface area contributed by atoms with Crippen LogP contribution in [-0.4, -0.2) is 38.7 Å². The molecule has 1 aromatic carbocycles. The van der Waals surface area contributed by atoms with Crippen molar-refractivity contribution >= 4 is 17.3 Å². The van der Waals surface area contributed by atoms with Crippen LogP contribution in [0.15, 0.2) is 55.4 Å². The van der Waals surface area contributed by atoms with Gasteiger partial charge in [0.2, 0.25) is 5.91 Å². The lowest BCUT2D eigenvalue weighted by atomic mass is 10.1. The molecule has 1 aliphatic rings. The van der Waals surface area contributed by atoms with E-state index in [9.17, 15) is 4.79 Å². The van der Waals surface area contributed by atoms with Gasteiger partial charge in [0.25, 0.3) is 0 Å². The minimum Gasteiger partial charge on any atom is -0.371 e. The van der Waals surface area contributed by atoms with Crippen LogP contribution in [0, 0.1) is 0 Å². The van der Waals surface area contributed by atoms with E-state index in [1.54, 1.807) is 23.5 Å². The van der Waals surface area contributed by atoms with Gasteiger partial charge in [0.15, 0.2) is 0 Å². The molecule has 4 rings (SSSR count). The van der Waals surface area contributed by atoms with Gasteiger partial charge in [-0.3, -0.25) is 9.89 Å². The lowest BCUT2D eigenvalue weighted by Gasteiger charge is -2.18. The zero-order valence-electron chi connectivity index (χ0n) is 12.9. The number of carbonyl (C=O) groups is 1. The van der Waals surface area contributed by atoms with E-state index in [0.29, 0.717) is 6.54 Å². The Morgan fingerprint density at radius 3 is 2.58 bits per heavy atom. The minimum absolute atomic E-state index is 0.0647. The molecule has 1 aliphatic heterocycles. The molecule has 1 atom stereocenters. The highest BCUT2D eigenvalue weighted by atomic mass is 16.2. The minimum atomic E-state index is -0.246. The first-order chi connectivity index (χ1) is 11.8. The van der Waals surface area contributed by atoms with E-state index in [-0.39, 0.29) is 11.9 Å². The summed E-state index contributed by atoms with van der Waals surface area (Å²) in [6, 6.07) is 7.69. The van der Waals surface area contributed by atoms with Crippen LogP contribution in [0.4, 0.5) is 11.4 Å². The fourth-order valence-corrected chi connectivity index (χ4v) is 2.89. The molecule has 3 aromatic rings. The Morgan fingerprint density at radius 2 is 1.88 bits per heavy atom. The summed E-state index contributed by atoms with van der Waals surface area (Å²) in [5.74, 6) is 0.0647. The Balaban J connectivity index is 1.48. The number of H-pyrrole nitrogens is 1. The Kier molecular flexibility index (Phi) is 3.66. The largest absolute Gasteiger partial charge is 0.371 e. The summed E-state index contributed by atoms with van der Waals surface area (Å²) in [5.41, 5.74) is 3.75. The molecular weight excluding hydrogens is 304 g/mol. The maximum absolute atomic E-state index is 12.6. The average Bonchev–Trinajstić information content (AvgIpc) is 3.27. The van der Waals surface area contributed by atoms with Gasteiger partial charge in [-0.15, -0.1) is 0 Å². The summed E-state index contributed by atoms with van der Waals surface area (Å²) < 4.78 is 0. The van der Waals surface area contributed by atoms with Crippen molar-refractivity contribution in [1.82, 2.24) is 20.2 Å². The SMILES string of the molecule is O=C1C(Nc2cncnc2)CCN1c1ccc(-c2cn[nH]c2)cc1. The van der Waals surface area contributed by atoms with Gasteiger partial charge in [-0.25, -0.2) is 9.97 Å². The van der Waals surface area contributed by atoms with Gasteiger partial charge in [0.1, 0.15) is 12.4 Å². The molecule has 3 heterocycles. The Hall–Kier alpha value is -3.22. The van der Waals surface area contributed by atoms with Crippen LogP contribution >= 0.6 is 0 Å². The molecule has 2 N–H and O–H groups in total. The van der Waals surface area contributed by atoms with Crippen LogP contribution in [0.1, 0.15) is 6.42 Å². The second-order valence-electron chi connectivity index (χ2n) is 5.64. The van der Waals surface area contributed by atoms with Crippen LogP contribution in [0.2, 0.25) is 0 Å². The molecule has 1 amide bonds. The normalized spacial score (nSPS) is 17.2. The van der Waals surface area contributed by atoms with Crippen molar-refractivity contribution in [3.8, 4) is 11.1 Å². The van der Waals surface area contributed by atoms with E-state index >= 15 is 0 Å². The molecule has 1 fully saturated rings. The van der Waals surface area contributed by atoms with E-state index in [0.717, 1.165) is 28.9 Å². The van der Waals surface area contributed by atoms with Crippen molar-refractivity contribution in [2.45, 2.75) is 12.5 Å². The molecular formula is C17H16N6O. The highest BCUT2D eigenvalue weighted by Crippen LogP contribution is 2.26. The smallest absolute Gasteiger partial charge is 0.249 e. The monoisotopic (exact) mass is 320 g/mol. The highest BCUT2D eigenvalue weighted by molar-refractivity contribution is 6.01. The summed E-state index contributed by atoms with van der Waals surface area (Å²) in [6.07, 6.45) is 9.17. The van der Waals surface area contributed by atoms with E-state index < -0.39 is 0 Å². The first kappa shape index (κ1) is 14.4. The van der Waals surface area contributed by atoms with Crippen molar-refractivity contribution < 1.29 is 4.79 Å². The number of aromatic amines is 1. The van der Waals surface area contributed by atoms with Gasteiger partial charge in [0.05, 0.1) is 24.3 Å². The number of anilines is 2. The maximum Gasteiger partial charge on any atom is 0.249 e. The molecule has 0 radical (unpaired) electrons. The third-order valence-corrected chi connectivity index (χ3v) is 4.12. The number of benzene rings is 1. The third-order valence-electron chi connectivity index (χ3n) is 4.12. The van der Waals surface area contributed by atoms with E-state index in [1.165, 1.54) is 6.33 Å². The fraction of sp³-hybridized carbons (Fsp3) is 0.176. The van der Waals surface area contributed by atoms with E-state index in [4.69, 9.17) is 0 Å². The van der Waals surface area contributed by atoms with Crippen molar-refractivity contribution in [3.63, 3.8) is 0 Å². The first-order valence-electron chi connectivity index (χ1n) is 7.73. The molecule has 0 aliphatic carbocycles. The number of amides is 1.